The van der Waals surface area contributed by atoms with Gasteiger partial charge >= 0.3 is 5.97 Å². The number of para-hydroxylation sites is 1. The van der Waals surface area contributed by atoms with E-state index in [2.05, 4.69) is 55.6 Å². The van der Waals surface area contributed by atoms with Gasteiger partial charge in [-0.05, 0) is 43.5 Å². The third kappa shape index (κ3) is 4.92. The summed E-state index contributed by atoms with van der Waals surface area (Å²) >= 11 is 0. The number of nitrogens with one attached hydrogen (secondary N) is 1. The first-order valence-electron chi connectivity index (χ1n) is 12.3. The highest BCUT2D eigenvalue weighted by molar-refractivity contribution is 5.83. The molecule has 3 aromatic rings. The van der Waals surface area contributed by atoms with Crippen LogP contribution in [0.4, 0.5) is 0 Å². The Morgan fingerprint density at radius 3 is 2.66 bits per heavy atom. The van der Waals surface area contributed by atoms with Crippen molar-refractivity contribution in [2.75, 3.05) is 13.2 Å². The number of β-amino-alcohol motifs (C(OH)–C–C–N with tert-alkyl or cyclic N) is 1. The fraction of sp³-hybridized carbons (Fsp3) is 0.414. The molecule has 6 nitrogen and oxygen atoms in total. The highest BCUT2D eigenvalue weighted by Gasteiger charge is 2.63. The third-order valence-electron chi connectivity index (χ3n) is 7.18. The molecule has 0 saturated heterocycles. The molecule has 2 aliphatic rings. The quantitative estimate of drug-likeness (QED) is 0.402. The van der Waals surface area contributed by atoms with Crippen molar-refractivity contribution in [2.24, 2.45) is 5.92 Å². The largest absolute Gasteiger partial charge is 0.488 e. The van der Waals surface area contributed by atoms with Crippen LogP contribution in [-0.4, -0.2) is 47.1 Å². The lowest BCUT2D eigenvalue weighted by atomic mass is 9.93. The van der Waals surface area contributed by atoms with Crippen molar-refractivity contribution in [1.82, 2.24) is 5.32 Å². The summed E-state index contributed by atoms with van der Waals surface area (Å²) in [5.41, 5.74) is 2.91. The van der Waals surface area contributed by atoms with E-state index >= 15 is 0 Å². The van der Waals surface area contributed by atoms with Gasteiger partial charge in [0.15, 0.2) is 0 Å². The number of hydrogen-bond acceptors (Lipinski definition) is 5. The maximum Gasteiger partial charge on any atom is 0.311 e. The smallest absolute Gasteiger partial charge is 0.311 e. The molecule has 0 radical (unpaired) electrons. The van der Waals surface area contributed by atoms with E-state index in [0.717, 1.165) is 23.3 Å². The number of benzene rings is 3. The molecule has 0 aromatic heterocycles. The number of carboxylic acid groups (broad SMARTS) is 1. The molecule has 6 heteroatoms. The van der Waals surface area contributed by atoms with Crippen molar-refractivity contribution < 1.29 is 24.5 Å². The summed E-state index contributed by atoms with van der Waals surface area (Å²) in [6.45, 7) is 6.81. The molecule has 1 saturated carbocycles. The Labute approximate surface area is 205 Å². The molecule has 0 unspecified atom stereocenters. The number of aliphatic hydroxyl groups is 1. The highest BCUT2D eigenvalue weighted by atomic mass is 16.5. The standard InChI is InChI=1S/C29H33NO5/c1-17(22-9-6-10-23-24-25(28(32)33)27(24)35-26(22)23)34-16-21(31)15-30-29(2,3)14-18-11-12-19-7-4-5-8-20(19)13-18/h4-13,17,21,24-25,27,30-31H,14-16H2,1-3H3,(H,32,33)/t17-,21-,24-,25-,27-/m1/s1. The van der Waals surface area contributed by atoms with Gasteiger partial charge in [-0.2, -0.15) is 0 Å². The van der Waals surface area contributed by atoms with Gasteiger partial charge in [0.25, 0.3) is 0 Å². The predicted molar refractivity (Wildman–Crippen MR) is 135 cm³/mol. The van der Waals surface area contributed by atoms with E-state index in [1.165, 1.54) is 16.3 Å². The minimum atomic E-state index is -0.806. The van der Waals surface area contributed by atoms with E-state index in [9.17, 15) is 15.0 Å². The van der Waals surface area contributed by atoms with Gasteiger partial charge in [-0.15, -0.1) is 0 Å². The van der Waals surface area contributed by atoms with Crippen LogP contribution in [0.15, 0.2) is 60.7 Å². The molecule has 1 aliphatic heterocycles. The van der Waals surface area contributed by atoms with Crippen LogP contribution in [0.5, 0.6) is 5.75 Å². The Hall–Kier alpha value is -2.93. The molecular formula is C29H33NO5. The Kier molecular flexibility index (Phi) is 6.30. The normalized spacial score (nSPS) is 22.2. The second-order valence-corrected chi connectivity index (χ2v) is 10.5. The number of carboxylic acids is 1. The first-order chi connectivity index (χ1) is 16.7. The van der Waals surface area contributed by atoms with Crippen molar-refractivity contribution in [3.63, 3.8) is 0 Å². The van der Waals surface area contributed by atoms with Crippen LogP contribution in [0.2, 0.25) is 0 Å². The Morgan fingerprint density at radius 2 is 1.89 bits per heavy atom. The minimum Gasteiger partial charge on any atom is -0.488 e. The van der Waals surface area contributed by atoms with Crippen LogP contribution in [-0.2, 0) is 16.0 Å². The number of ether oxygens (including phenoxy) is 2. The zero-order valence-corrected chi connectivity index (χ0v) is 20.4. The fourth-order valence-electron chi connectivity index (χ4n) is 5.24. The lowest BCUT2D eigenvalue weighted by Crippen LogP contribution is -2.46. The number of rotatable bonds is 10. The van der Waals surface area contributed by atoms with Gasteiger partial charge in [0.2, 0.25) is 0 Å². The van der Waals surface area contributed by atoms with Gasteiger partial charge in [-0.1, -0.05) is 60.7 Å². The second-order valence-electron chi connectivity index (χ2n) is 10.5. The van der Waals surface area contributed by atoms with Gasteiger partial charge in [-0.25, -0.2) is 0 Å². The molecule has 184 valence electrons. The molecule has 5 rings (SSSR count). The molecule has 35 heavy (non-hydrogen) atoms. The molecule has 0 spiro atoms. The SMILES string of the molecule is C[C@@H](OC[C@H](O)CNC(C)(C)Cc1ccc2ccccc2c1)c1cccc2c1O[C@H]1[C@H](C(=O)O)[C@@H]21. The average molecular weight is 476 g/mol. The summed E-state index contributed by atoms with van der Waals surface area (Å²) in [5.74, 6) is -0.565. The van der Waals surface area contributed by atoms with Gasteiger partial charge in [0, 0.05) is 29.1 Å². The van der Waals surface area contributed by atoms with Crippen molar-refractivity contribution in [1.29, 1.82) is 0 Å². The molecule has 3 N–H and O–H groups in total. The maximum atomic E-state index is 11.3. The Morgan fingerprint density at radius 1 is 1.11 bits per heavy atom. The van der Waals surface area contributed by atoms with Gasteiger partial charge in [-0.3, -0.25) is 4.79 Å². The lowest BCUT2D eigenvalue weighted by molar-refractivity contribution is -0.139. The van der Waals surface area contributed by atoms with Crippen LogP contribution in [0, 0.1) is 5.92 Å². The third-order valence-corrected chi connectivity index (χ3v) is 7.18. The molecule has 1 heterocycles. The van der Waals surface area contributed by atoms with E-state index in [0.29, 0.717) is 6.54 Å². The van der Waals surface area contributed by atoms with Crippen LogP contribution >= 0.6 is 0 Å². The zero-order chi connectivity index (χ0) is 24.7. The summed E-state index contributed by atoms with van der Waals surface area (Å²) in [5, 5.41) is 25.8. The van der Waals surface area contributed by atoms with Crippen molar-refractivity contribution in [2.45, 2.75) is 57.0 Å². The van der Waals surface area contributed by atoms with E-state index in [1.807, 2.05) is 31.2 Å². The van der Waals surface area contributed by atoms with E-state index in [1.54, 1.807) is 0 Å². The summed E-state index contributed by atoms with van der Waals surface area (Å²) in [7, 11) is 0. The Bertz CT molecular complexity index is 1240. The van der Waals surface area contributed by atoms with Crippen molar-refractivity contribution >= 4 is 16.7 Å². The van der Waals surface area contributed by atoms with Crippen LogP contribution < -0.4 is 10.1 Å². The molecule has 5 atom stereocenters. The number of hydrogen-bond donors (Lipinski definition) is 3. The first kappa shape index (κ1) is 23.8. The number of fused-ring (bicyclic) bond motifs is 4. The molecule has 0 bridgehead atoms. The molecule has 1 fully saturated rings. The average Bonchev–Trinajstić information content (AvgIpc) is 3.43. The number of aliphatic hydroxyl groups excluding tert-OH is 1. The number of aliphatic carboxylic acids is 1. The summed E-state index contributed by atoms with van der Waals surface area (Å²) in [6.07, 6.45) is -0.355. The van der Waals surface area contributed by atoms with E-state index in [-0.39, 0.29) is 30.3 Å². The monoisotopic (exact) mass is 475 g/mol. The summed E-state index contributed by atoms with van der Waals surface area (Å²) < 4.78 is 11.9. The second kappa shape index (κ2) is 9.26. The predicted octanol–water partition coefficient (Wildman–Crippen LogP) is 4.45. The van der Waals surface area contributed by atoms with Gasteiger partial charge in [0.05, 0.1) is 18.8 Å². The molecule has 3 aromatic carbocycles. The van der Waals surface area contributed by atoms with Crippen molar-refractivity contribution in [3.8, 4) is 5.75 Å². The van der Waals surface area contributed by atoms with Crippen molar-refractivity contribution in [3.05, 3.63) is 77.4 Å². The summed E-state index contributed by atoms with van der Waals surface area (Å²) in [6, 6.07) is 20.7. The minimum absolute atomic E-state index is 0.0609. The highest BCUT2D eigenvalue weighted by Crippen LogP contribution is 2.59. The molecule has 0 amide bonds. The van der Waals surface area contributed by atoms with Gasteiger partial charge in [0.1, 0.15) is 17.8 Å². The van der Waals surface area contributed by atoms with E-state index < -0.39 is 18.0 Å². The lowest BCUT2D eigenvalue weighted by Gasteiger charge is -2.28. The van der Waals surface area contributed by atoms with Crippen LogP contribution in [0.1, 0.15) is 49.5 Å². The topological polar surface area (TPSA) is 88.0 Å². The Balaban J connectivity index is 1.12. The molecular weight excluding hydrogens is 442 g/mol. The van der Waals surface area contributed by atoms with E-state index in [4.69, 9.17) is 9.47 Å². The molecule has 1 aliphatic carbocycles. The fourth-order valence-corrected chi connectivity index (χ4v) is 5.24. The maximum absolute atomic E-state index is 11.3. The number of carbonyl (C=O) groups is 1. The first-order valence-corrected chi connectivity index (χ1v) is 12.3. The van der Waals surface area contributed by atoms with Crippen LogP contribution in [0.3, 0.4) is 0 Å². The zero-order valence-electron chi connectivity index (χ0n) is 20.4. The van der Waals surface area contributed by atoms with Gasteiger partial charge < -0.3 is 25.0 Å². The van der Waals surface area contributed by atoms with Crippen LogP contribution in [0.25, 0.3) is 10.8 Å². The summed E-state index contributed by atoms with van der Waals surface area (Å²) in [4.78, 5) is 11.3.